The number of aromatic nitrogens is 1. The molecule has 0 aliphatic rings. The summed E-state index contributed by atoms with van der Waals surface area (Å²) in [4.78, 5) is 0.290. The number of nitrogens with zero attached hydrogens (tertiary/aromatic N) is 1. The Bertz CT molecular complexity index is 568. The lowest BCUT2D eigenvalue weighted by atomic mass is 9.82. The van der Waals surface area contributed by atoms with Crippen LogP contribution in [0, 0.1) is 11.3 Å². The molecule has 1 aromatic heterocycles. The number of sulfonamides is 1. The molecular weight excluding hydrogens is 286 g/mol. The SMILES string of the molecule is CC(C)n1cc(S(=O)(=O)NCC(C)C(C)(C)C)cc1CN. The Hall–Kier alpha value is -0.850. The summed E-state index contributed by atoms with van der Waals surface area (Å²) in [6.07, 6.45) is 1.66. The van der Waals surface area contributed by atoms with Gasteiger partial charge >= 0.3 is 0 Å². The highest BCUT2D eigenvalue weighted by molar-refractivity contribution is 7.89. The van der Waals surface area contributed by atoms with Crippen molar-refractivity contribution < 1.29 is 8.42 Å². The van der Waals surface area contributed by atoms with Crippen LogP contribution in [-0.4, -0.2) is 19.5 Å². The van der Waals surface area contributed by atoms with Gasteiger partial charge in [0.2, 0.25) is 10.0 Å². The van der Waals surface area contributed by atoms with Crippen molar-refractivity contribution in [2.45, 2.75) is 59.0 Å². The first kappa shape index (κ1) is 18.2. The van der Waals surface area contributed by atoms with Gasteiger partial charge in [-0.2, -0.15) is 0 Å². The van der Waals surface area contributed by atoms with Gasteiger partial charge in [0.25, 0.3) is 0 Å². The molecular formula is C15H29N3O2S. The Balaban J connectivity index is 2.94. The van der Waals surface area contributed by atoms with Crippen molar-refractivity contribution in [3.8, 4) is 0 Å². The van der Waals surface area contributed by atoms with Gasteiger partial charge in [-0.25, -0.2) is 13.1 Å². The van der Waals surface area contributed by atoms with E-state index < -0.39 is 10.0 Å². The van der Waals surface area contributed by atoms with Gasteiger partial charge in [0, 0.05) is 31.0 Å². The van der Waals surface area contributed by atoms with Gasteiger partial charge in [0.05, 0.1) is 4.90 Å². The van der Waals surface area contributed by atoms with Crippen LogP contribution in [0.25, 0.3) is 0 Å². The van der Waals surface area contributed by atoms with Gasteiger partial charge in [0.15, 0.2) is 0 Å². The van der Waals surface area contributed by atoms with E-state index in [2.05, 4.69) is 25.5 Å². The fraction of sp³-hybridized carbons (Fsp3) is 0.733. The largest absolute Gasteiger partial charge is 0.346 e. The van der Waals surface area contributed by atoms with Crippen LogP contribution in [0.1, 0.15) is 53.3 Å². The lowest BCUT2D eigenvalue weighted by molar-refractivity contribution is 0.263. The highest BCUT2D eigenvalue weighted by atomic mass is 32.2. The first-order chi connectivity index (χ1) is 9.49. The topological polar surface area (TPSA) is 77.1 Å². The summed E-state index contributed by atoms with van der Waals surface area (Å²) in [7, 11) is -3.49. The second-order valence-electron chi connectivity index (χ2n) is 6.99. The van der Waals surface area contributed by atoms with E-state index in [1.54, 1.807) is 12.3 Å². The molecule has 1 atom stereocenters. The van der Waals surface area contributed by atoms with Gasteiger partial charge in [-0.15, -0.1) is 0 Å². The average molecular weight is 315 g/mol. The fourth-order valence-electron chi connectivity index (χ4n) is 1.91. The summed E-state index contributed by atoms with van der Waals surface area (Å²) in [5, 5.41) is 0. The number of nitrogens with one attached hydrogen (secondary N) is 1. The molecule has 122 valence electrons. The minimum absolute atomic E-state index is 0.0643. The van der Waals surface area contributed by atoms with E-state index >= 15 is 0 Å². The maximum absolute atomic E-state index is 12.4. The highest BCUT2D eigenvalue weighted by Gasteiger charge is 2.24. The first-order valence-electron chi connectivity index (χ1n) is 7.39. The third-order valence-corrected chi connectivity index (χ3v) is 5.43. The Morgan fingerprint density at radius 1 is 1.29 bits per heavy atom. The molecule has 0 radical (unpaired) electrons. The Morgan fingerprint density at radius 2 is 1.86 bits per heavy atom. The summed E-state index contributed by atoms with van der Waals surface area (Å²) in [5.74, 6) is 0.244. The molecule has 0 aliphatic carbocycles. The standard InChI is InChI=1S/C15H29N3O2S/c1-11(2)18-10-14(7-13(18)8-16)21(19,20)17-9-12(3)15(4,5)6/h7,10-12,17H,8-9,16H2,1-6H3. The first-order valence-corrected chi connectivity index (χ1v) is 8.88. The van der Waals surface area contributed by atoms with Gasteiger partial charge in [-0.3, -0.25) is 0 Å². The smallest absolute Gasteiger partial charge is 0.242 e. The van der Waals surface area contributed by atoms with E-state index in [9.17, 15) is 8.42 Å². The van der Waals surface area contributed by atoms with Crippen LogP contribution in [0.3, 0.4) is 0 Å². The molecule has 21 heavy (non-hydrogen) atoms. The summed E-state index contributed by atoms with van der Waals surface area (Å²) in [6, 6.07) is 1.84. The zero-order chi connectivity index (χ0) is 16.4. The van der Waals surface area contributed by atoms with Crippen molar-refractivity contribution in [2.24, 2.45) is 17.1 Å². The van der Waals surface area contributed by atoms with Crippen LogP contribution in [0.2, 0.25) is 0 Å². The van der Waals surface area contributed by atoms with Crippen LogP contribution in [-0.2, 0) is 16.6 Å². The Morgan fingerprint density at radius 3 is 2.24 bits per heavy atom. The average Bonchev–Trinajstić information content (AvgIpc) is 2.79. The van der Waals surface area contributed by atoms with Crippen LogP contribution >= 0.6 is 0 Å². The maximum Gasteiger partial charge on any atom is 0.242 e. The van der Waals surface area contributed by atoms with Gasteiger partial charge in [0.1, 0.15) is 0 Å². The van der Waals surface area contributed by atoms with Crippen LogP contribution < -0.4 is 10.5 Å². The van der Waals surface area contributed by atoms with Gasteiger partial charge in [-0.05, 0) is 31.2 Å². The minimum atomic E-state index is -3.49. The highest BCUT2D eigenvalue weighted by Crippen LogP contribution is 2.25. The third kappa shape index (κ3) is 4.56. The second kappa shape index (κ2) is 6.50. The third-order valence-electron chi connectivity index (χ3n) is 4.04. The molecule has 1 aromatic rings. The molecule has 0 spiro atoms. The molecule has 1 heterocycles. The molecule has 0 saturated carbocycles. The van der Waals surface area contributed by atoms with E-state index in [0.717, 1.165) is 5.69 Å². The van der Waals surface area contributed by atoms with E-state index in [1.165, 1.54) is 0 Å². The number of hydrogen-bond acceptors (Lipinski definition) is 3. The van der Waals surface area contributed by atoms with Crippen LogP contribution in [0.4, 0.5) is 0 Å². The predicted octanol–water partition coefficient (Wildman–Crippen LogP) is 2.49. The van der Waals surface area contributed by atoms with E-state index in [1.807, 2.05) is 25.3 Å². The lowest BCUT2D eigenvalue weighted by Gasteiger charge is -2.27. The van der Waals surface area contributed by atoms with E-state index in [-0.39, 0.29) is 22.3 Å². The van der Waals surface area contributed by atoms with Crippen LogP contribution in [0.15, 0.2) is 17.2 Å². The fourth-order valence-corrected chi connectivity index (χ4v) is 3.09. The lowest BCUT2D eigenvalue weighted by Crippen LogP contribution is -2.33. The number of nitrogens with two attached hydrogens (primary N) is 1. The van der Waals surface area contributed by atoms with Crippen molar-refractivity contribution in [3.05, 3.63) is 18.0 Å². The number of hydrogen-bond donors (Lipinski definition) is 2. The van der Waals surface area contributed by atoms with Crippen molar-refractivity contribution in [1.82, 2.24) is 9.29 Å². The van der Waals surface area contributed by atoms with E-state index in [4.69, 9.17) is 5.73 Å². The summed E-state index contributed by atoms with van der Waals surface area (Å²) in [5.41, 5.74) is 6.58. The summed E-state index contributed by atoms with van der Waals surface area (Å²) < 4.78 is 29.4. The zero-order valence-electron chi connectivity index (χ0n) is 14.0. The Labute approximate surface area is 129 Å². The summed E-state index contributed by atoms with van der Waals surface area (Å²) >= 11 is 0. The van der Waals surface area contributed by atoms with Gasteiger partial charge < -0.3 is 10.3 Å². The minimum Gasteiger partial charge on any atom is -0.346 e. The monoisotopic (exact) mass is 315 g/mol. The van der Waals surface area contributed by atoms with Gasteiger partial charge in [-0.1, -0.05) is 27.7 Å². The molecule has 1 unspecified atom stereocenters. The molecule has 0 amide bonds. The quantitative estimate of drug-likeness (QED) is 0.846. The number of rotatable bonds is 6. The maximum atomic E-state index is 12.4. The molecule has 0 aliphatic heterocycles. The zero-order valence-corrected chi connectivity index (χ0v) is 14.8. The molecule has 1 rings (SSSR count). The van der Waals surface area contributed by atoms with Crippen molar-refractivity contribution >= 4 is 10.0 Å². The van der Waals surface area contributed by atoms with Crippen LogP contribution in [0.5, 0.6) is 0 Å². The molecule has 3 N–H and O–H groups in total. The molecule has 0 fully saturated rings. The van der Waals surface area contributed by atoms with Crippen molar-refractivity contribution in [3.63, 3.8) is 0 Å². The Kier molecular flexibility index (Phi) is 5.63. The van der Waals surface area contributed by atoms with E-state index in [0.29, 0.717) is 13.1 Å². The molecule has 6 heteroatoms. The molecule has 0 saturated heterocycles. The second-order valence-corrected chi connectivity index (χ2v) is 8.76. The van der Waals surface area contributed by atoms with Crippen molar-refractivity contribution in [2.75, 3.05) is 6.54 Å². The summed E-state index contributed by atoms with van der Waals surface area (Å²) in [6.45, 7) is 13.1. The predicted molar refractivity (Wildman–Crippen MR) is 86.5 cm³/mol. The molecule has 5 nitrogen and oxygen atoms in total. The molecule has 0 aromatic carbocycles. The molecule has 0 bridgehead atoms. The van der Waals surface area contributed by atoms with Crippen molar-refractivity contribution in [1.29, 1.82) is 0 Å². The normalized spacial score (nSPS) is 14.7.